The first-order chi connectivity index (χ1) is 17.4. The Labute approximate surface area is 212 Å². The van der Waals surface area contributed by atoms with Crippen molar-refractivity contribution < 1.29 is 19.7 Å². The highest BCUT2D eigenvalue weighted by Gasteiger charge is 2.17. The SMILES string of the molecule is CCCOc1ccc(-c2cc(-c3ccc(OCCC)cc3O)nc(-c3ccc(C)cc3C)n2)c(O)c1. The predicted molar refractivity (Wildman–Crippen MR) is 143 cm³/mol. The Morgan fingerprint density at radius 3 is 1.58 bits per heavy atom. The van der Waals surface area contributed by atoms with Crippen molar-refractivity contribution in [1.29, 1.82) is 0 Å². The number of aromatic hydroxyl groups is 2. The number of hydrogen-bond donors (Lipinski definition) is 2. The number of hydrogen-bond acceptors (Lipinski definition) is 6. The number of aryl methyl sites for hydroxylation is 2. The van der Waals surface area contributed by atoms with Gasteiger partial charge in [-0.15, -0.1) is 0 Å². The van der Waals surface area contributed by atoms with Crippen LogP contribution in [0.2, 0.25) is 0 Å². The lowest BCUT2D eigenvalue weighted by Gasteiger charge is -2.14. The summed E-state index contributed by atoms with van der Waals surface area (Å²) in [7, 11) is 0. The molecule has 6 nitrogen and oxygen atoms in total. The normalized spacial score (nSPS) is 10.9. The van der Waals surface area contributed by atoms with Gasteiger partial charge in [-0.25, -0.2) is 9.97 Å². The fraction of sp³-hybridized carbons (Fsp3) is 0.267. The van der Waals surface area contributed by atoms with E-state index in [2.05, 4.69) is 6.07 Å². The molecule has 0 aliphatic rings. The van der Waals surface area contributed by atoms with Gasteiger partial charge in [-0.3, -0.25) is 0 Å². The van der Waals surface area contributed by atoms with Crippen molar-refractivity contribution in [2.75, 3.05) is 13.2 Å². The molecule has 4 rings (SSSR count). The van der Waals surface area contributed by atoms with Crippen molar-refractivity contribution in [2.45, 2.75) is 40.5 Å². The Morgan fingerprint density at radius 2 is 1.14 bits per heavy atom. The molecule has 0 saturated heterocycles. The number of benzene rings is 3. The van der Waals surface area contributed by atoms with E-state index in [0.717, 1.165) is 29.5 Å². The molecule has 0 saturated carbocycles. The monoisotopic (exact) mass is 484 g/mol. The van der Waals surface area contributed by atoms with Crippen LogP contribution >= 0.6 is 0 Å². The van der Waals surface area contributed by atoms with Crippen molar-refractivity contribution in [3.8, 4) is 56.9 Å². The van der Waals surface area contributed by atoms with E-state index in [4.69, 9.17) is 19.4 Å². The quantitative estimate of drug-likeness (QED) is 0.264. The van der Waals surface area contributed by atoms with Gasteiger partial charge in [-0.2, -0.15) is 0 Å². The molecule has 1 heterocycles. The van der Waals surface area contributed by atoms with E-state index < -0.39 is 0 Å². The summed E-state index contributed by atoms with van der Waals surface area (Å²) in [4.78, 5) is 9.62. The molecule has 0 unspecified atom stereocenters. The molecule has 0 atom stereocenters. The van der Waals surface area contributed by atoms with Crippen molar-refractivity contribution in [2.24, 2.45) is 0 Å². The van der Waals surface area contributed by atoms with Crippen molar-refractivity contribution in [3.05, 3.63) is 71.8 Å². The maximum Gasteiger partial charge on any atom is 0.160 e. The minimum absolute atomic E-state index is 0.0624. The van der Waals surface area contributed by atoms with Gasteiger partial charge >= 0.3 is 0 Å². The van der Waals surface area contributed by atoms with Gasteiger partial charge in [0.2, 0.25) is 0 Å². The van der Waals surface area contributed by atoms with Crippen LogP contribution in [0.15, 0.2) is 60.7 Å². The van der Waals surface area contributed by atoms with E-state index in [9.17, 15) is 10.2 Å². The van der Waals surface area contributed by atoms with Crippen LogP contribution in [-0.4, -0.2) is 33.4 Å². The maximum absolute atomic E-state index is 10.8. The van der Waals surface area contributed by atoms with E-state index in [1.807, 2.05) is 52.0 Å². The zero-order valence-corrected chi connectivity index (χ0v) is 21.2. The van der Waals surface area contributed by atoms with E-state index in [0.29, 0.717) is 53.1 Å². The van der Waals surface area contributed by atoms with Crippen LogP contribution in [0.3, 0.4) is 0 Å². The number of phenolic OH excluding ortho intramolecular Hbond substituents is 2. The third-order valence-electron chi connectivity index (χ3n) is 5.78. The molecule has 2 N–H and O–H groups in total. The summed E-state index contributed by atoms with van der Waals surface area (Å²) >= 11 is 0. The zero-order chi connectivity index (χ0) is 25.7. The molecule has 0 radical (unpaired) electrons. The molecule has 1 aromatic heterocycles. The fourth-order valence-corrected chi connectivity index (χ4v) is 3.98. The third-order valence-corrected chi connectivity index (χ3v) is 5.78. The molecule has 6 heteroatoms. The van der Waals surface area contributed by atoms with E-state index >= 15 is 0 Å². The summed E-state index contributed by atoms with van der Waals surface area (Å²) in [5.74, 6) is 1.83. The van der Waals surface area contributed by atoms with Gasteiger partial charge in [0.1, 0.15) is 23.0 Å². The van der Waals surface area contributed by atoms with Crippen molar-refractivity contribution in [3.63, 3.8) is 0 Å². The molecule has 0 bridgehead atoms. The average molecular weight is 485 g/mol. The molecule has 4 aromatic rings. The van der Waals surface area contributed by atoms with Gasteiger partial charge in [0, 0.05) is 28.8 Å². The lowest BCUT2D eigenvalue weighted by Crippen LogP contribution is -1.99. The third kappa shape index (κ3) is 5.60. The Hall–Kier alpha value is -4.06. The number of aromatic nitrogens is 2. The largest absolute Gasteiger partial charge is 0.507 e. The second-order valence-electron chi connectivity index (χ2n) is 8.84. The smallest absolute Gasteiger partial charge is 0.160 e. The lowest BCUT2D eigenvalue weighted by atomic mass is 10.0. The highest BCUT2D eigenvalue weighted by atomic mass is 16.5. The van der Waals surface area contributed by atoms with Crippen LogP contribution < -0.4 is 9.47 Å². The molecule has 0 amide bonds. The second kappa shape index (κ2) is 11.1. The zero-order valence-electron chi connectivity index (χ0n) is 21.2. The topological polar surface area (TPSA) is 84.7 Å². The van der Waals surface area contributed by atoms with E-state index in [1.165, 1.54) is 0 Å². The highest BCUT2D eigenvalue weighted by molar-refractivity contribution is 5.78. The summed E-state index contributed by atoms with van der Waals surface area (Å²) < 4.78 is 11.3. The lowest BCUT2D eigenvalue weighted by molar-refractivity contribution is 0.315. The van der Waals surface area contributed by atoms with Gasteiger partial charge in [0.25, 0.3) is 0 Å². The Bertz CT molecular complexity index is 1290. The Kier molecular flexibility index (Phi) is 7.74. The number of ether oxygens (including phenoxy) is 2. The predicted octanol–water partition coefficient (Wildman–Crippen LogP) is 7.08. The average Bonchev–Trinajstić information content (AvgIpc) is 2.86. The fourth-order valence-electron chi connectivity index (χ4n) is 3.98. The van der Waals surface area contributed by atoms with Gasteiger partial charge < -0.3 is 19.7 Å². The van der Waals surface area contributed by atoms with Gasteiger partial charge in [-0.1, -0.05) is 37.6 Å². The highest BCUT2D eigenvalue weighted by Crippen LogP contribution is 2.38. The number of rotatable bonds is 9. The summed E-state index contributed by atoms with van der Waals surface area (Å²) in [5, 5.41) is 21.7. The molecule has 3 aromatic carbocycles. The van der Waals surface area contributed by atoms with Gasteiger partial charge in [-0.05, 0) is 62.6 Å². The summed E-state index contributed by atoms with van der Waals surface area (Å²) in [5.41, 5.74) is 5.26. The number of phenols is 2. The molecule has 0 spiro atoms. The molecule has 186 valence electrons. The first-order valence-electron chi connectivity index (χ1n) is 12.3. The van der Waals surface area contributed by atoms with Gasteiger partial charge in [0.15, 0.2) is 5.82 Å². The van der Waals surface area contributed by atoms with Gasteiger partial charge in [0.05, 0.1) is 24.6 Å². The van der Waals surface area contributed by atoms with Crippen LogP contribution in [-0.2, 0) is 0 Å². The molecular formula is C30H32N2O4. The second-order valence-corrected chi connectivity index (χ2v) is 8.84. The van der Waals surface area contributed by atoms with E-state index in [-0.39, 0.29) is 11.5 Å². The molecule has 0 fully saturated rings. The van der Waals surface area contributed by atoms with Crippen LogP contribution in [0.25, 0.3) is 33.9 Å². The first-order valence-corrected chi connectivity index (χ1v) is 12.3. The first kappa shape index (κ1) is 25.0. The summed E-state index contributed by atoms with van der Waals surface area (Å²) in [6, 6.07) is 18.3. The Balaban J connectivity index is 1.85. The molecular weight excluding hydrogens is 452 g/mol. The summed E-state index contributed by atoms with van der Waals surface area (Å²) in [6.45, 7) is 9.27. The van der Waals surface area contributed by atoms with E-state index in [1.54, 1.807) is 30.3 Å². The van der Waals surface area contributed by atoms with Crippen LogP contribution in [0.4, 0.5) is 0 Å². The minimum atomic E-state index is 0.0624. The number of nitrogens with zero attached hydrogens (tertiary/aromatic N) is 2. The standard InChI is InChI=1S/C30H32N2O4/c1-5-13-35-21-8-11-24(28(33)16-21)26-18-27(25-12-9-22(17-29(25)34)36-14-6-2)32-30(31-26)23-10-7-19(3)15-20(23)4/h7-12,15-18,33-34H,5-6,13-14H2,1-4H3. The van der Waals surface area contributed by atoms with Crippen LogP contribution in [0, 0.1) is 13.8 Å². The minimum Gasteiger partial charge on any atom is -0.507 e. The Morgan fingerprint density at radius 1 is 0.639 bits per heavy atom. The molecule has 36 heavy (non-hydrogen) atoms. The molecule has 0 aliphatic heterocycles. The van der Waals surface area contributed by atoms with Crippen molar-refractivity contribution >= 4 is 0 Å². The van der Waals surface area contributed by atoms with Crippen molar-refractivity contribution in [1.82, 2.24) is 9.97 Å². The summed E-state index contributed by atoms with van der Waals surface area (Å²) in [6.07, 6.45) is 1.76. The van der Waals surface area contributed by atoms with Crippen LogP contribution in [0.1, 0.15) is 37.8 Å². The van der Waals surface area contributed by atoms with Crippen LogP contribution in [0.5, 0.6) is 23.0 Å². The maximum atomic E-state index is 10.8. The molecule has 0 aliphatic carbocycles.